The van der Waals surface area contributed by atoms with Gasteiger partial charge in [-0.1, -0.05) is 11.3 Å². The Kier molecular flexibility index (Phi) is 3.02. The number of amides is 1. The van der Waals surface area contributed by atoms with Gasteiger partial charge in [0.2, 0.25) is 0 Å². The Morgan fingerprint density at radius 3 is 2.95 bits per heavy atom. The molecule has 2 saturated heterocycles. The summed E-state index contributed by atoms with van der Waals surface area (Å²) in [5, 5.41) is 12.3. The van der Waals surface area contributed by atoms with E-state index in [1.54, 1.807) is 5.38 Å². The smallest absolute Gasteiger partial charge is 0.324 e. The molecule has 19 heavy (non-hydrogen) atoms. The first kappa shape index (κ1) is 12.6. The first-order chi connectivity index (χ1) is 9.06. The zero-order valence-electron chi connectivity index (χ0n) is 10.6. The van der Waals surface area contributed by atoms with Gasteiger partial charge in [-0.15, -0.1) is 0 Å². The van der Waals surface area contributed by atoms with Crippen LogP contribution in [0.3, 0.4) is 0 Å². The lowest BCUT2D eigenvalue weighted by Gasteiger charge is -2.20. The molecule has 0 saturated carbocycles. The van der Waals surface area contributed by atoms with Crippen molar-refractivity contribution in [2.45, 2.75) is 12.5 Å². The van der Waals surface area contributed by atoms with Crippen molar-refractivity contribution in [3.05, 3.63) is 27.1 Å². The lowest BCUT2D eigenvalue weighted by Crippen LogP contribution is -2.34. The van der Waals surface area contributed by atoms with Gasteiger partial charge < -0.3 is 9.80 Å². The quantitative estimate of drug-likeness (QED) is 0.607. The third-order valence-electron chi connectivity index (χ3n) is 4.12. The highest BCUT2D eigenvalue weighted by atomic mass is 32.1. The summed E-state index contributed by atoms with van der Waals surface area (Å²) in [6.07, 6.45) is 1.13. The lowest BCUT2D eigenvalue weighted by atomic mass is 10.1. The summed E-state index contributed by atoms with van der Waals surface area (Å²) >= 11 is 1.01. The predicted molar refractivity (Wildman–Crippen MR) is 71.4 cm³/mol. The van der Waals surface area contributed by atoms with Crippen LogP contribution in [0.15, 0.2) is 11.4 Å². The molecule has 0 radical (unpaired) electrons. The summed E-state index contributed by atoms with van der Waals surface area (Å²) < 4.78 is 0. The number of rotatable bonds is 2. The van der Waals surface area contributed by atoms with Gasteiger partial charge >= 0.3 is 5.00 Å². The molecular weight excluding hydrogens is 266 g/mol. The second kappa shape index (κ2) is 4.57. The number of likely N-dealkylation sites (N-methyl/N-ethyl adjacent to an activating group) is 1. The van der Waals surface area contributed by atoms with Gasteiger partial charge in [0.05, 0.1) is 10.5 Å². The minimum Gasteiger partial charge on any atom is -0.337 e. The van der Waals surface area contributed by atoms with Crippen LogP contribution in [-0.4, -0.2) is 53.4 Å². The van der Waals surface area contributed by atoms with Gasteiger partial charge in [0.25, 0.3) is 5.91 Å². The number of fused-ring (bicyclic) bond motifs is 1. The van der Waals surface area contributed by atoms with Crippen molar-refractivity contribution in [3.8, 4) is 0 Å². The zero-order chi connectivity index (χ0) is 13.6. The molecule has 0 aromatic carbocycles. The molecule has 2 aliphatic heterocycles. The number of likely N-dealkylation sites (tertiary alicyclic amines) is 2. The van der Waals surface area contributed by atoms with Crippen LogP contribution in [0.4, 0.5) is 5.00 Å². The molecule has 3 rings (SSSR count). The van der Waals surface area contributed by atoms with E-state index in [0.717, 1.165) is 37.4 Å². The maximum atomic E-state index is 12.3. The molecule has 0 N–H and O–H groups in total. The third-order valence-corrected chi connectivity index (χ3v) is 5.01. The SMILES string of the molecule is CN1CC[C@@H]2CN(C(=O)c3csc([N+](=O)[O-])c3)C[C@@H]21. The van der Waals surface area contributed by atoms with Crippen LogP contribution in [0.1, 0.15) is 16.8 Å². The Balaban J connectivity index is 1.73. The molecule has 0 unspecified atom stereocenters. The summed E-state index contributed by atoms with van der Waals surface area (Å²) in [7, 11) is 2.09. The monoisotopic (exact) mass is 281 g/mol. The number of carbonyl (C=O) groups excluding carboxylic acids is 1. The molecule has 2 aliphatic rings. The van der Waals surface area contributed by atoms with Gasteiger partial charge in [0.15, 0.2) is 0 Å². The van der Waals surface area contributed by atoms with E-state index in [0.29, 0.717) is 17.5 Å². The Morgan fingerprint density at radius 1 is 1.53 bits per heavy atom. The Morgan fingerprint density at radius 2 is 2.32 bits per heavy atom. The maximum absolute atomic E-state index is 12.3. The normalized spacial score (nSPS) is 26.7. The number of nitro groups is 1. The molecule has 1 aromatic heterocycles. The molecule has 7 heteroatoms. The highest BCUT2D eigenvalue weighted by Crippen LogP contribution is 2.32. The number of hydrogen-bond donors (Lipinski definition) is 0. The first-order valence-corrected chi connectivity index (χ1v) is 7.16. The highest BCUT2D eigenvalue weighted by molar-refractivity contribution is 7.13. The molecule has 1 amide bonds. The fourth-order valence-corrected chi connectivity index (χ4v) is 3.75. The lowest BCUT2D eigenvalue weighted by molar-refractivity contribution is -0.380. The standard InChI is InChI=1S/C12H15N3O3S/c1-13-3-2-8-5-14(6-10(8)13)12(16)9-4-11(15(17)18)19-7-9/h4,7-8,10H,2-3,5-6H2,1H3/t8-,10+/m1/s1. The Hall–Kier alpha value is -1.47. The molecule has 0 aliphatic carbocycles. The fourth-order valence-electron chi connectivity index (χ4n) is 3.05. The van der Waals surface area contributed by atoms with E-state index >= 15 is 0 Å². The molecule has 2 fully saturated rings. The topological polar surface area (TPSA) is 66.7 Å². The first-order valence-electron chi connectivity index (χ1n) is 6.28. The summed E-state index contributed by atoms with van der Waals surface area (Å²) in [6, 6.07) is 1.84. The second-order valence-electron chi connectivity index (χ2n) is 5.24. The van der Waals surface area contributed by atoms with Crippen molar-refractivity contribution in [1.82, 2.24) is 9.80 Å². The van der Waals surface area contributed by atoms with Gasteiger partial charge in [-0.25, -0.2) is 0 Å². The Bertz CT molecular complexity index is 530. The van der Waals surface area contributed by atoms with Crippen LogP contribution in [0.2, 0.25) is 0 Å². The van der Waals surface area contributed by atoms with E-state index < -0.39 is 4.92 Å². The van der Waals surface area contributed by atoms with Crippen LogP contribution in [0, 0.1) is 16.0 Å². The number of carbonyl (C=O) groups is 1. The van der Waals surface area contributed by atoms with Crippen LogP contribution < -0.4 is 0 Å². The number of nitrogens with zero attached hydrogens (tertiary/aromatic N) is 3. The van der Waals surface area contributed by atoms with Crippen molar-refractivity contribution in [3.63, 3.8) is 0 Å². The van der Waals surface area contributed by atoms with Gasteiger partial charge in [0, 0.05) is 30.6 Å². The molecule has 102 valence electrons. The summed E-state index contributed by atoms with van der Waals surface area (Å²) in [5.74, 6) is 0.481. The van der Waals surface area contributed by atoms with Crippen LogP contribution in [0.25, 0.3) is 0 Å². The number of thiophene rings is 1. The summed E-state index contributed by atoms with van der Waals surface area (Å²) in [5.41, 5.74) is 0.444. The summed E-state index contributed by atoms with van der Waals surface area (Å²) in [4.78, 5) is 26.6. The van der Waals surface area contributed by atoms with Crippen molar-refractivity contribution >= 4 is 22.2 Å². The largest absolute Gasteiger partial charge is 0.337 e. The molecule has 2 atom stereocenters. The van der Waals surface area contributed by atoms with E-state index in [1.165, 1.54) is 6.07 Å². The average Bonchev–Trinajstić information content (AvgIpc) is 3.05. The van der Waals surface area contributed by atoms with Gasteiger partial charge in [0.1, 0.15) is 0 Å². The average molecular weight is 281 g/mol. The Labute approximate surface area is 114 Å². The highest BCUT2D eigenvalue weighted by Gasteiger charge is 2.41. The number of hydrogen-bond acceptors (Lipinski definition) is 5. The minimum atomic E-state index is -0.450. The maximum Gasteiger partial charge on any atom is 0.324 e. The third kappa shape index (κ3) is 2.12. The van der Waals surface area contributed by atoms with Crippen LogP contribution in [0.5, 0.6) is 0 Å². The van der Waals surface area contributed by atoms with Crippen molar-refractivity contribution in [1.29, 1.82) is 0 Å². The van der Waals surface area contributed by atoms with Crippen molar-refractivity contribution in [2.24, 2.45) is 5.92 Å². The summed E-state index contributed by atoms with van der Waals surface area (Å²) in [6.45, 7) is 2.61. The molecule has 1 aromatic rings. The molecular formula is C12H15N3O3S. The fraction of sp³-hybridized carbons (Fsp3) is 0.583. The van der Waals surface area contributed by atoms with Gasteiger partial charge in [-0.2, -0.15) is 0 Å². The molecule has 0 bridgehead atoms. The van der Waals surface area contributed by atoms with Gasteiger partial charge in [-0.3, -0.25) is 14.9 Å². The van der Waals surface area contributed by atoms with E-state index in [9.17, 15) is 14.9 Å². The minimum absolute atomic E-state index is 0.0276. The second-order valence-corrected chi connectivity index (χ2v) is 6.13. The van der Waals surface area contributed by atoms with E-state index in [4.69, 9.17) is 0 Å². The predicted octanol–water partition coefficient (Wildman–Crippen LogP) is 1.43. The van der Waals surface area contributed by atoms with Gasteiger partial charge in [-0.05, 0) is 25.9 Å². The molecule has 6 nitrogen and oxygen atoms in total. The molecule has 3 heterocycles. The van der Waals surface area contributed by atoms with E-state index in [1.807, 2.05) is 4.90 Å². The molecule has 0 spiro atoms. The van der Waals surface area contributed by atoms with E-state index in [-0.39, 0.29) is 10.9 Å². The van der Waals surface area contributed by atoms with Crippen molar-refractivity contribution in [2.75, 3.05) is 26.7 Å². The van der Waals surface area contributed by atoms with Crippen LogP contribution >= 0.6 is 11.3 Å². The van der Waals surface area contributed by atoms with E-state index in [2.05, 4.69) is 11.9 Å². The van der Waals surface area contributed by atoms with Crippen LogP contribution in [-0.2, 0) is 0 Å². The zero-order valence-corrected chi connectivity index (χ0v) is 11.4. The van der Waals surface area contributed by atoms with Crippen molar-refractivity contribution < 1.29 is 9.72 Å².